The number of esters is 1. The summed E-state index contributed by atoms with van der Waals surface area (Å²) >= 11 is 0. The van der Waals surface area contributed by atoms with E-state index in [1.54, 1.807) is 0 Å². The summed E-state index contributed by atoms with van der Waals surface area (Å²) in [4.78, 5) is 35.1. The van der Waals surface area contributed by atoms with Crippen molar-refractivity contribution >= 4 is 17.7 Å². The molecule has 0 unspecified atom stereocenters. The largest absolute Gasteiger partial charge is 0.468 e. The third-order valence-corrected chi connectivity index (χ3v) is 2.27. The summed E-state index contributed by atoms with van der Waals surface area (Å²) in [7, 11) is 2.69. The van der Waals surface area contributed by atoms with Gasteiger partial charge in [0.2, 0.25) is 5.78 Å². The second-order valence-corrected chi connectivity index (χ2v) is 3.18. The fraction of sp³-hybridized carbons (Fsp3) is 0.667. The molecule has 6 heteroatoms. The Bertz CT molecular complexity index is 288. The van der Waals surface area contributed by atoms with E-state index < -0.39 is 23.6 Å². The Hall–Kier alpha value is -1.43. The van der Waals surface area contributed by atoms with Crippen LogP contribution in [0.5, 0.6) is 0 Å². The molecule has 0 aromatic carbocycles. The summed E-state index contributed by atoms with van der Waals surface area (Å²) in [6.07, 6.45) is 0. The molecular formula is C9H13NO5. The highest BCUT2D eigenvalue weighted by atomic mass is 16.5. The number of carbonyl (C=O) groups is 3. The van der Waals surface area contributed by atoms with Crippen LogP contribution in [0.4, 0.5) is 0 Å². The van der Waals surface area contributed by atoms with Crippen molar-refractivity contribution in [1.29, 1.82) is 0 Å². The van der Waals surface area contributed by atoms with E-state index in [2.05, 4.69) is 4.74 Å². The zero-order valence-corrected chi connectivity index (χ0v) is 8.69. The maximum atomic E-state index is 11.4. The lowest BCUT2D eigenvalue weighted by Gasteiger charge is -2.13. The van der Waals surface area contributed by atoms with Crippen molar-refractivity contribution in [2.45, 2.75) is 0 Å². The highest BCUT2D eigenvalue weighted by Crippen LogP contribution is 2.15. The number of amides is 1. The third kappa shape index (κ3) is 2.33. The van der Waals surface area contributed by atoms with Gasteiger partial charge in [0.1, 0.15) is 5.92 Å². The number of hydrogen-bond acceptors (Lipinski definition) is 5. The van der Waals surface area contributed by atoms with Gasteiger partial charge in [-0.25, -0.2) is 0 Å². The molecular weight excluding hydrogens is 202 g/mol. The van der Waals surface area contributed by atoms with Gasteiger partial charge >= 0.3 is 5.97 Å². The minimum absolute atomic E-state index is 0.0910. The first-order valence-electron chi connectivity index (χ1n) is 4.51. The molecule has 0 aromatic rings. The SMILES string of the molecule is COCCN1C[C@H](C(=O)OC)C(=O)C1=O. The molecule has 1 aliphatic rings. The van der Waals surface area contributed by atoms with Crippen molar-refractivity contribution < 1.29 is 23.9 Å². The van der Waals surface area contributed by atoms with Crippen LogP contribution in [0.2, 0.25) is 0 Å². The lowest BCUT2D eigenvalue weighted by atomic mass is 10.1. The van der Waals surface area contributed by atoms with Gasteiger partial charge in [-0.15, -0.1) is 0 Å². The highest BCUT2D eigenvalue weighted by Gasteiger charge is 2.43. The summed E-state index contributed by atoms with van der Waals surface area (Å²) in [6.45, 7) is 0.745. The van der Waals surface area contributed by atoms with E-state index in [-0.39, 0.29) is 6.54 Å². The molecule has 6 nitrogen and oxygen atoms in total. The first kappa shape index (κ1) is 11.6. The van der Waals surface area contributed by atoms with E-state index in [1.165, 1.54) is 19.1 Å². The molecule has 1 amide bonds. The summed E-state index contributed by atoms with van der Waals surface area (Å²) in [5, 5.41) is 0. The minimum Gasteiger partial charge on any atom is -0.468 e. The Kier molecular flexibility index (Phi) is 3.79. The van der Waals surface area contributed by atoms with E-state index in [0.29, 0.717) is 13.2 Å². The number of methoxy groups -OCH3 is 2. The first-order chi connectivity index (χ1) is 7.11. The number of likely N-dealkylation sites (tertiary alicyclic amines) is 1. The number of ether oxygens (including phenoxy) is 2. The van der Waals surface area contributed by atoms with Gasteiger partial charge in [-0.2, -0.15) is 0 Å². The Morgan fingerprint density at radius 1 is 1.47 bits per heavy atom. The molecule has 1 heterocycles. The standard InChI is InChI=1S/C9H13NO5/c1-14-4-3-10-5-6(9(13)15-2)7(11)8(10)12/h6H,3-5H2,1-2H3/t6-/m0/s1. The van der Waals surface area contributed by atoms with Gasteiger partial charge in [0.15, 0.2) is 0 Å². The number of hydrogen-bond donors (Lipinski definition) is 0. The molecule has 0 radical (unpaired) electrons. The first-order valence-corrected chi connectivity index (χ1v) is 4.51. The van der Waals surface area contributed by atoms with Crippen LogP contribution in [-0.2, 0) is 23.9 Å². The zero-order chi connectivity index (χ0) is 11.4. The molecule has 1 aliphatic heterocycles. The molecule has 0 N–H and O–H groups in total. The van der Waals surface area contributed by atoms with E-state index in [1.807, 2.05) is 0 Å². The molecule has 0 spiro atoms. The fourth-order valence-corrected chi connectivity index (χ4v) is 1.41. The van der Waals surface area contributed by atoms with Crippen molar-refractivity contribution in [3.63, 3.8) is 0 Å². The summed E-state index contributed by atoms with van der Waals surface area (Å²) < 4.78 is 9.22. The van der Waals surface area contributed by atoms with Gasteiger partial charge in [0.05, 0.1) is 13.7 Å². The Morgan fingerprint density at radius 3 is 2.67 bits per heavy atom. The van der Waals surface area contributed by atoms with Crippen LogP contribution in [0.1, 0.15) is 0 Å². The molecule has 1 fully saturated rings. The van der Waals surface area contributed by atoms with Crippen molar-refractivity contribution in [1.82, 2.24) is 4.90 Å². The van der Waals surface area contributed by atoms with Gasteiger partial charge in [-0.3, -0.25) is 14.4 Å². The molecule has 0 bridgehead atoms. The molecule has 0 saturated carbocycles. The van der Waals surface area contributed by atoms with Crippen molar-refractivity contribution in [3.8, 4) is 0 Å². The second kappa shape index (κ2) is 4.88. The quantitative estimate of drug-likeness (QED) is 0.336. The average Bonchev–Trinajstić information content (AvgIpc) is 2.53. The maximum Gasteiger partial charge on any atom is 0.318 e. The number of Topliss-reactive ketones (excluding diaryl/α,β-unsaturated/α-hetero) is 1. The van der Waals surface area contributed by atoms with E-state index in [0.717, 1.165) is 0 Å². The van der Waals surface area contributed by atoms with Crippen molar-refractivity contribution in [2.24, 2.45) is 5.92 Å². The Labute approximate surface area is 87.1 Å². The number of nitrogens with zero attached hydrogens (tertiary/aromatic N) is 1. The normalized spacial score (nSPS) is 20.9. The van der Waals surface area contributed by atoms with Crippen LogP contribution in [0, 0.1) is 5.92 Å². The number of ketones is 1. The lowest BCUT2D eigenvalue weighted by Crippen LogP contribution is -2.30. The third-order valence-electron chi connectivity index (χ3n) is 2.27. The summed E-state index contributed by atoms with van der Waals surface area (Å²) in [5.74, 6) is -2.96. The molecule has 1 saturated heterocycles. The zero-order valence-electron chi connectivity index (χ0n) is 8.69. The Balaban J connectivity index is 2.63. The predicted octanol–water partition coefficient (Wildman–Crippen LogP) is -1.17. The van der Waals surface area contributed by atoms with Crippen LogP contribution in [0.15, 0.2) is 0 Å². The van der Waals surface area contributed by atoms with Crippen molar-refractivity contribution in [2.75, 3.05) is 33.9 Å². The predicted molar refractivity (Wildman–Crippen MR) is 49.0 cm³/mol. The van der Waals surface area contributed by atoms with Crippen molar-refractivity contribution in [3.05, 3.63) is 0 Å². The molecule has 0 aromatic heterocycles. The molecule has 1 rings (SSSR count). The van der Waals surface area contributed by atoms with Gasteiger partial charge < -0.3 is 14.4 Å². The summed E-state index contributed by atoms with van der Waals surface area (Å²) in [6, 6.07) is 0. The maximum absolute atomic E-state index is 11.4. The van der Waals surface area contributed by atoms with Crippen LogP contribution < -0.4 is 0 Å². The highest BCUT2D eigenvalue weighted by molar-refractivity contribution is 6.42. The van der Waals surface area contributed by atoms with Gasteiger partial charge in [-0.05, 0) is 0 Å². The second-order valence-electron chi connectivity index (χ2n) is 3.18. The van der Waals surface area contributed by atoms with Gasteiger partial charge in [-0.1, -0.05) is 0 Å². The molecule has 15 heavy (non-hydrogen) atoms. The lowest BCUT2D eigenvalue weighted by molar-refractivity contribution is -0.150. The van der Waals surface area contributed by atoms with E-state index in [4.69, 9.17) is 4.74 Å². The topological polar surface area (TPSA) is 72.9 Å². The molecule has 84 valence electrons. The summed E-state index contributed by atoms with van der Waals surface area (Å²) in [5.41, 5.74) is 0. The van der Waals surface area contributed by atoms with Gasteiger partial charge in [0, 0.05) is 20.2 Å². The number of carbonyl (C=O) groups excluding carboxylic acids is 3. The van der Waals surface area contributed by atoms with E-state index in [9.17, 15) is 14.4 Å². The fourth-order valence-electron chi connectivity index (χ4n) is 1.41. The Morgan fingerprint density at radius 2 is 2.13 bits per heavy atom. The van der Waals surface area contributed by atoms with Crippen LogP contribution >= 0.6 is 0 Å². The van der Waals surface area contributed by atoms with Crippen LogP contribution in [0.3, 0.4) is 0 Å². The minimum atomic E-state index is -0.973. The van der Waals surface area contributed by atoms with Crippen LogP contribution in [-0.4, -0.2) is 56.5 Å². The average molecular weight is 215 g/mol. The molecule has 0 aliphatic carbocycles. The van der Waals surface area contributed by atoms with Gasteiger partial charge in [0.25, 0.3) is 5.91 Å². The monoisotopic (exact) mass is 215 g/mol. The molecule has 1 atom stereocenters. The van der Waals surface area contributed by atoms with E-state index >= 15 is 0 Å². The smallest absolute Gasteiger partial charge is 0.318 e. The number of rotatable bonds is 4. The van der Waals surface area contributed by atoms with Crippen LogP contribution in [0.25, 0.3) is 0 Å².